The van der Waals surface area contributed by atoms with Gasteiger partial charge in [0.1, 0.15) is 0 Å². The van der Waals surface area contributed by atoms with Crippen molar-refractivity contribution in [3.63, 3.8) is 0 Å². The maximum atomic E-state index is 11.7. The van der Waals surface area contributed by atoms with Gasteiger partial charge in [-0.3, -0.25) is 0 Å². The molecule has 4 nitrogen and oxygen atoms in total. The number of aromatic nitrogens is 2. The van der Waals surface area contributed by atoms with Crippen LogP contribution in [0.4, 0.5) is 34.1 Å². The number of anilines is 6. The number of fused-ring (bicyclic) bond motifs is 10. The maximum absolute atomic E-state index is 11.7. The molecule has 0 radical (unpaired) electrons. The summed E-state index contributed by atoms with van der Waals surface area (Å²) in [5.41, 5.74) is -24.5. The topological polar surface area (TPSA) is 16.3 Å². The first kappa shape index (κ1) is 27.7. The van der Waals surface area contributed by atoms with Crippen LogP contribution < -0.4 is 26.2 Å². The van der Waals surface area contributed by atoms with Crippen LogP contribution in [0.1, 0.15) is 78.4 Å². The van der Waals surface area contributed by atoms with E-state index in [1.807, 2.05) is 0 Å². The van der Waals surface area contributed by atoms with Gasteiger partial charge in [-0.15, -0.1) is 0 Å². The Bertz CT molecular complexity index is 7980. The van der Waals surface area contributed by atoms with Gasteiger partial charge in [-0.25, -0.2) is 0 Å². The van der Waals surface area contributed by atoms with E-state index in [2.05, 4.69) is 0 Å². The molecular weight excluding hydrogens is 1180 g/mol. The number of hydrogen-bond acceptors (Lipinski definition) is 2. The Morgan fingerprint density at radius 3 is 1.00 bits per heavy atom. The first-order valence-electron chi connectivity index (χ1n) is 52.9. The third-order valence-electron chi connectivity index (χ3n) is 17.3. The van der Waals surface area contributed by atoms with E-state index in [1.165, 1.54) is 121 Å². The molecule has 19 rings (SSSR count). The predicted molar refractivity (Wildman–Crippen MR) is 416 cm³/mol. The molecule has 17 aromatic rings. The summed E-state index contributed by atoms with van der Waals surface area (Å²) in [4.78, 5) is 1.64. The molecule has 2 aromatic heterocycles. The number of benzene rings is 15. The summed E-state index contributed by atoms with van der Waals surface area (Å²) in [5, 5.41) is -3.21. The van der Waals surface area contributed by atoms with E-state index in [1.54, 1.807) is 0 Å². The lowest BCUT2D eigenvalue weighted by Crippen LogP contribution is -2.61. The highest BCUT2D eigenvalue weighted by atomic mass is 15.2. The highest BCUT2D eigenvalue weighted by molar-refractivity contribution is 7.00. The summed E-state index contributed by atoms with van der Waals surface area (Å²) in [5.74, 6) is 0. The van der Waals surface area contributed by atoms with Gasteiger partial charge < -0.3 is 18.9 Å². The Morgan fingerprint density at radius 2 is 0.622 bits per heavy atom. The molecule has 4 heterocycles. The van der Waals surface area contributed by atoms with Gasteiger partial charge in [0.05, 0.1) is 82.8 Å². The molecule has 15 aromatic carbocycles. The van der Waals surface area contributed by atoms with Gasteiger partial charge in [0.2, 0.25) is 0 Å². The summed E-state index contributed by atoms with van der Waals surface area (Å²) in [6.07, 6.45) is 0. The van der Waals surface area contributed by atoms with E-state index in [0.717, 1.165) is 9.80 Å². The van der Waals surface area contributed by atoms with Crippen LogP contribution in [-0.2, 0) is 0 Å². The van der Waals surface area contributed by atoms with Crippen molar-refractivity contribution in [1.82, 2.24) is 9.13 Å². The molecule has 2 aliphatic heterocycles. The Morgan fingerprint density at radius 1 is 0.276 bits per heavy atom. The summed E-state index contributed by atoms with van der Waals surface area (Å²) in [6, 6.07) is -12.6. The van der Waals surface area contributed by atoms with Crippen molar-refractivity contribution in [2.45, 2.75) is 20.6 Å². The fraction of sp³-hybridized carbons (Fsp3) is 0.0323. The van der Waals surface area contributed by atoms with E-state index >= 15 is 0 Å². The minimum atomic E-state index is -3.96. The van der Waals surface area contributed by atoms with Crippen LogP contribution in [0.25, 0.3) is 122 Å². The molecule has 0 unspecified atom stereocenters. The zero-order valence-electron chi connectivity index (χ0n) is 95.4. The van der Waals surface area contributed by atoms with Gasteiger partial charge in [0, 0.05) is 90.3 Å². The number of hydrogen-bond donors (Lipinski definition) is 0. The molecule has 460 valence electrons. The Kier molecular flexibility index (Phi) is 6.48. The van der Waals surface area contributed by atoms with Crippen molar-refractivity contribution < 1.29 is 61.7 Å². The molecule has 0 saturated carbocycles. The normalized spacial score (nSPS) is 19.3. The highest BCUT2D eigenvalue weighted by Crippen LogP contribution is 2.54. The smallest absolute Gasteiger partial charge is 0.252 e. The van der Waals surface area contributed by atoms with E-state index in [9.17, 15) is 48.0 Å². The molecule has 2 aliphatic rings. The van der Waals surface area contributed by atoms with Crippen LogP contribution in [0.5, 0.6) is 0 Å². The Balaban J connectivity index is 1.12. The second-order valence-electron chi connectivity index (χ2n) is 22.8. The van der Waals surface area contributed by atoms with Crippen molar-refractivity contribution in [1.29, 1.82) is 0 Å². The number of nitrogens with zero attached hydrogens (tertiary/aromatic N) is 4. The molecule has 0 saturated heterocycles. The van der Waals surface area contributed by atoms with Crippen molar-refractivity contribution in [2.24, 2.45) is 0 Å². The fourth-order valence-corrected chi connectivity index (χ4v) is 13.3. The van der Waals surface area contributed by atoms with Crippen molar-refractivity contribution >= 4 is 101 Å². The van der Waals surface area contributed by atoms with E-state index in [4.69, 9.17) is 13.7 Å². The lowest BCUT2D eigenvalue weighted by Gasteiger charge is -2.46. The molecule has 0 spiro atoms. The van der Waals surface area contributed by atoms with Gasteiger partial charge in [0.25, 0.3) is 6.71 Å². The average molecular weight is 1290 g/mol. The van der Waals surface area contributed by atoms with Gasteiger partial charge in [0.15, 0.2) is 0 Å². The zero-order chi connectivity index (χ0) is 104. The third-order valence-corrected chi connectivity index (χ3v) is 17.3. The second-order valence-corrected chi connectivity index (χ2v) is 22.8. The minimum absolute atomic E-state index is 0.183. The van der Waals surface area contributed by atoms with Crippen LogP contribution in [0.3, 0.4) is 0 Å². The predicted octanol–water partition coefficient (Wildman–Crippen LogP) is 22.9. The molecule has 98 heavy (non-hydrogen) atoms. The average Bonchev–Trinajstić information content (AvgIpc) is 1.60. The van der Waals surface area contributed by atoms with Crippen molar-refractivity contribution in [3.05, 3.63) is 356 Å². The Labute approximate surface area is 634 Å². The molecule has 0 aliphatic carbocycles. The summed E-state index contributed by atoms with van der Waals surface area (Å²) in [7, 11) is 0. The molecule has 0 atom stereocenters. The largest absolute Gasteiger partial charge is 0.310 e. The fourth-order valence-electron chi connectivity index (χ4n) is 13.3. The van der Waals surface area contributed by atoms with E-state index in [-0.39, 0.29) is 22.3 Å². The molecule has 0 N–H and O–H groups in total. The second kappa shape index (κ2) is 22.9. The zero-order valence-corrected chi connectivity index (χ0v) is 50.4. The van der Waals surface area contributed by atoms with Crippen LogP contribution in [-0.4, -0.2) is 15.8 Å². The lowest BCUT2D eigenvalue weighted by atomic mass is 9.33. The molecule has 0 fully saturated rings. The third kappa shape index (κ3) is 9.15. The monoisotopic (exact) mass is 1290 g/mol. The van der Waals surface area contributed by atoms with Crippen LogP contribution in [0, 0.1) is 20.6 Å². The van der Waals surface area contributed by atoms with E-state index < -0.39 is 411 Å². The maximum Gasteiger partial charge on any atom is 0.252 e. The highest BCUT2D eigenvalue weighted by Gasteiger charge is 2.46. The van der Waals surface area contributed by atoms with Crippen LogP contribution in [0.2, 0.25) is 0 Å². The quantitative estimate of drug-likeness (QED) is 0.127. The van der Waals surface area contributed by atoms with Crippen molar-refractivity contribution in [3.8, 4) is 78.1 Å². The van der Waals surface area contributed by atoms with Crippen LogP contribution >= 0.6 is 0 Å². The summed E-state index contributed by atoms with van der Waals surface area (Å²) >= 11 is 0. The number of rotatable bonds is 10. The van der Waals surface area contributed by atoms with Gasteiger partial charge in [-0.1, -0.05) is 242 Å². The first-order chi connectivity index (χ1) is 67.1. The summed E-state index contributed by atoms with van der Waals surface area (Å²) < 4.78 is 447. The Hall–Kier alpha value is -12.4. The van der Waals surface area contributed by atoms with Crippen molar-refractivity contribution in [2.75, 3.05) is 9.80 Å². The molecule has 5 heteroatoms. The van der Waals surface area contributed by atoms with Gasteiger partial charge in [-0.2, -0.15) is 0 Å². The molecule has 0 bridgehead atoms. The lowest BCUT2D eigenvalue weighted by molar-refractivity contribution is 1.16. The van der Waals surface area contributed by atoms with E-state index in [0.29, 0.717) is 9.13 Å². The standard InChI is InChI=1S/C93H65BN4/c1-60-50-75(65-30-14-6-15-31-65)92(76(51-60)66-32-16-7-17-33-66)97-87-58-71(95-83-40-24-22-38-73(83)79-56-69(42-48-85(79)95)63-26-10-4-11-27-63)44-46-81(87)94-82-47-45-72(96-84-41-25-23-39-74(84)80-57-70(43-49-86(80)96)64-28-12-5-13-29-64)59-88(82)98(90-55-62(3)54-89(97)91(90)94)93-77(67-34-18-8-19-35-67)52-61(2)53-78(93)68-36-20-9-21-37-68/h4-59H,1-3H3/i1D3,2D3,3D3,4D,5D,10D,11D,12D,13D,22D,23D,24D,25D,26D,27D,28D,29D,38D,39D,40D,41D,42D,43D,44D,45D,46D,47D,48D,49D,50D,51D,52D,53D,54D,55D,56D,57D,58D,59D. The van der Waals surface area contributed by atoms with Gasteiger partial charge >= 0.3 is 0 Å². The molecular formula is C93H65BN4. The first-order valence-corrected chi connectivity index (χ1v) is 30.4. The summed E-state index contributed by atoms with van der Waals surface area (Å²) in [6.45, 7) is -13.6. The molecule has 0 amide bonds. The minimum Gasteiger partial charge on any atom is -0.310 e. The SMILES string of the molecule is [2H]c1c([2H])c([2H])c(-c2c([2H])c([2H])c3c(c2[2H])c2c([2H])c([2H])c([2H])c([2H])c2n3-c2c([2H])c([2H])c3c(c2[2H])N(c2c(-c4ccccc4)c([2H])c(C([2H])([2H])[2H])c([2H])c2-c2ccccc2)c2c([2H])c(C([2H])([2H])[2H])c([2H])c4c2B3c2c([2H])c([2H])c(-n3c5c([2H])c([2H])c([2H])c([2H])c5c5c([2H])c(-c6c([2H])c([2H])c([2H])c([2H])c6[2H])c([2H])c([2H])c53)c([2H])c2N4c2c(-c3ccccc3)c([2H])c(C([2H])([2H])[2H])c([2H])c2-c2ccccc2)c([2H])c1[2H]. The number of para-hydroxylation sites is 2. The van der Waals surface area contributed by atoms with Gasteiger partial charge in [-0.05, 0) is 195 Å². The van der Waals surface area contributed by atoms with Crippen LogP contribution in [0.15, 0.2) is 339 Å².